The van der Waals surface area contributed by atoms with Crippen LogP contribution in [0.5, 0.6) is 0 Å². The molecule has 0 saturated heterocycles. The molecule has 0 atom stereocenters. The maximum Gasteiger partial charge on any atom is 0.220 e. The SMILES string of the molecule is CN(CCCNC(=O)CCC(=O)c1ccc2c(c1)CCNCC2)c1ccccc1. The maximum absolute atomic E-state index is 12.5. The van der Waals surface area contributed by atoms with Gasteiger partial charge in [-0.3, -0.25) is 9.59 Å². The first-order valence-electron chi connectivity index (χ1n) is 10.5. The summed E-state index contributed by atoms with van der Waals surface area (Å²) < 4.78 is 0. The molecule has 0 spiro atoms. The van der Waals surface area contributed by atoms with E-state index in [1.54, 1.807) is 0 Å². The summed E-state index contributed by atoms with van der Waals surface area (Å²) in [6.45, 7) is 3.43. The summed E-state index contributed by atoms with van der Waals surface area (Å²) in [4.78, 5) is 26.8. The molecule has 1 aliphatic heterocycles. The zero-order valence-electron chi connectivity index (χ0n) is 17.2. The highest BCUT2D eigenvalue weighted by Gasteiger charge is 2.13. The number of ketones is 1. The van der Waals surface area contributed by atoms with Crippen molar-refractivity contribution in [2.75, 3.05) is 38.1 Å². The Balaban J connectivity index is 1.37. The van der Waals surface area contributed by atoms with Gasteiger partial charge in [0, 0.05) is 44.2 Å². The van der Waals surface area contributed by atoms with Gasteiger partial charge in [0.1, 0.15) is 0 Å². The number of nitrogens with one attached hydrogen (secondary N) is 2. The predicted octanol–water partition coefficient (Wildman–Crippen LogP) is 2.98. The summed E-state index contributed by atoms with van der Waals surface area (Å²) in [6, 6.07) is 16.2. The number of para-hydroxylation sites is 1. The third kappa shape index (κ3) is 6.43. The molecule has 0 radical (unpaired) electrons. The van der Waals surface area contributed by atoms with Crippen LogP contribution in [0.3, 0.4) is 0 Å². The average Bonchev–Trinajstić information content (AvgIpc) is 3.00. The van der Waals surface area contributed by atoms with Gasteiger partial charge in [-0.1, -0.05) is 30.3 Å². The van der Waals surface area contributed by atoms with E-state index in [1.165, 1.54) is 16.8 Å². The number of benzene rings is 2. The monoisotopic (exact) mass is 393 g/mol. The molecule has 0 unspecified atom stereocenters. The van der Waals surface area contributed by atoms with E-state index in [-0.39, 0.29) is 24.5 Å². The number of fused-ring (bicyclic) bond motifs is 1. The molecule has 0 fully saturated rings. The van der Waals surface area contributed by atoms with Crippen LogP contribution in [0.4, 0.5) is 5.69 Å². The first kappa shape index (κ1) is 21.1. The summed E-state index contributed by atoms with van der Waals surface area (Å²) in [7, 11) is 2.05. The third-order valence-corrected chi connectivity index (χ3v) is 5.44. The van der Waals surface area contributed by atoms with Crippen LogP contribution in [0.25, 0.3) is 0 Å². The topological polar surface area (TPSA) is 61.4 Å². The summed E-state index contributed by atoms with van der Waals surface area (Å²) in [5, 5.41) is 6.31. The van der Waals surface area contributed by atoms with Gasteiger partial charge in [-0.05, 0) is 61.7 Å². The molecule has 3 rings (SSSR count). The van der Waals surface area contributed by atoms with Crippen molar-refractivity contribution in [3.8, 4) is 0 Å². The summed E-state index contributed by atoms with van der Waals surface area (Å²) in [6.07, 6.45) is 3.32. The Morgan fingerprint density at radius 3 is 2.55 bits per heavy atom. The Bertz CT molecular complexity index is 820. The lowest BCUT2D eigenvalue weighted by atomic mass is 9.97. The number of carbonyl (C=O) groups is 2. The number of anilines is 1. The van der Waals surface area contributed by atoms with Crippen LogP contribution in [-0.4, -0.2) is 44.9 Å². The molecule has 1 aliphatic rings. The van der Waals surface area contributed by atoms with Crippen LogP contribution in [0.2, 0.25) is 0 Å². The molecule has 0 saturated carbocycles. The van der Waals surface area contributed by atoms with E-state index in [0.29, 0.717) is 6.54 Å². The minimum atomic E-state index is -0.0559. The molecular weight excluding hydrogens is 362 g/mol. The molecule has 2 aromatic rings. The number of Topliss-reactive ketones (excluding diaryl/α,β-unsaturated/α-hetero) is 1. The van der Waals surface area contributed by atoms with Crippen molar-refractivity contribution in [2.24, 2.45) is 0 Å². The van der Waals surface area contributed by atoms with Gasteiger partial charge in [0.2, 0.25) is 5.91 Å². The molecule has 2 aromatic carbocycles. The van der Waals surface area contributed by atoms with Gasteiger partial charge in [-0.25, -0.2) is 0 Å². The van der Waals surface area contributed by atoms with Gasteiger partial charge in [0.15, 0.2) is 5.78 Å². The first-order chi connectivity index (χ1) is 14.1. The second-order valence-electron chi connectivity index (χ2n) is 7.62. The molecule has 1 heterocycles. The summed E-state index contributed by atoms with van der Waals surface area (Å²) in [5.74, 6) is -0.0105. The van der Waals surface area contributed by atoms with Crippen molar-refractivity contribution in [1.29, 1.82) is 0 Å². The number of hydrogen-bond donors (Lipinski definition) is 2. The van der Waals surface area contributed by atoms with Crippen LogP contribution in [0, 0.1) is 0 Å². The van der Waals surface area contributed by atoms with E-state index in [2.05, 4.69) is 33.7 Å². The Morgan fingerprint density at radius 1 is 1.00 bits per heavy atom. The van der Waals surface area contributed by atoms with Crippen LogP contribution in [0.1, 0.15) is 40.7 Å². The number of nitrogens with zero attached hydrogens (tertiary/aromatic N) is 1. The van der Waals surface area contributed by atoms with Crippen molar-refractivity contribution < 1.29 is 9.59 Å². The summed E-state index contributed by atoms with van der Waals surface area (Å²) >= 11 is 0. The van der Waals surface area contributed by atoms with E-state index < -0.39 is 0 Å². The molecule has 5 nitrogen and oxygen atoms in total. The van der Waals surface area contributed by atoms with Gasteiger partial charge in [-0.15, -0.1) is 0 Å². The zero-order valence-corrected chi connectivity index (χ0v) is 17.2. The van der Waals surface area contributed by atoms with Crippen molar-refractivity contribution >= 4 is 17.4 Å². The third-order valence-electron chi connectivity index (χ3n) is 5.44. The normalized spacial score (nSPS) is 13.3. The number of carbonyl (C=O) groups excluding carboxylic acids is 2. The average molecular weight is 394 g/mol. The molecule has 154 valence electrons. The Morgan fingerprint density at radius 2 is 1.76 bits per heavy atom. The Labute approximate surface area is 173 Å². The van der Waals surface area contributed by atoms with Crippen LogP contribution in [0.15, 0.2) is 48.5 Å². The second kappa shape index (κ2) is 10.8. The lowest BCUT2D eigenvalue weighted by molar-refractivity contribution is -0.121. The Kier molecular flexibility index (Phi) is 7.82. The predicted molar refractivity (Wildman–Crippen MR) is 118 cm³/mol. The summed E-state index contributed by atoms with van der Waals surface area (Å²) in [5.41, 5.74) is 4.47. The van der Waals surface area contributed by atoms with Crippen LogP contribution >= 0.6 is 0 Å². The molecule has 0 bridgehead atoms. The molecule has 0 aliphatic carbocycles. The number of hydrogen-bond acceptors (Lipinski definition) is 4. The lowest BCUT2D eigenvalue weighted by Gasteiger charge is -2.19. The minimum absolute atomic E-state index is 0.0453. The highest BCUT2D eigenvalue weighted by Crippen LogP contribution is 2.17. The lowest BCUT2D eigenvalue weighted by Crippen LogP contribution is -2.28. The largest absolute Gasteiger partial charge is 0.375 e. The highest BCUT2D eigenvalue weighted by molar-refractivity contribution is 5.98. The van der Waals surface area contributed by atoms with E-state index in [0.717, 1.165) is 44.5 Å². The van der Waals surface area contributed by atoms with Crippen LogP contribution in [-0.2, 0) is 17.6 Å². The fourth-order valence-corrected chi connectivity index (χ4v) is 3.66. The quantitative estimate of drug-likeness (QED) is 0.508. The van der Waals surface area contributed by atoms with Gasteiger partial charge in [0.25, 0.3) is 0 Å². The molecule has 1 amide bonds. The minimum Gasteiger partial charge on any atom is -0.375 e. The van der Waals surface area contributed by atoms with Gasteiger partial charge < -0.3 is 15.5 Å². The standard InChI is InChI=1S/C24H31N3O2/c1-27(22-6-3-2-4-7-22)17-5-14-26-24(29)11-10-23(28)21-9-8-19-12-15-25-16-13-20(19)18-21/h2-4,6-9,18,25H,5,10-17H2,1H3,(H,26,29). The van der Waals surface area contributed by atoms with Gasteiger partial charge >= 0.3 is 0 Å². The zero-order chi connectivity index (χ0) is 20.5. The highest BCUT2D eigenvalue weighted by atomic mass is 16.2. The maximum atomic E-state index is 12.5. The molecule has 2 N–H and O–H groups in total. The van der Waals surface area contributed by atoms with E-state index >= 15 is 0 Å². The Hall–Kier alpha value is -2.66. The fraction of sp³-hybridized carbons (Fsp3) is 0.417. The van der Waals surface area contributed by atoms with Crippen molar-refractivity contribution in [3.05, 3.63) is 65.2 Å². The van der Waals surface area contributed by atoms with Crippen molar-refractivity contribution in [1.82, 2.24) is 10.6 Å². The number of amides is 1. The second-order valence-corrected chi connectivity index (χ2v) is 7.62. The number of rotatable bonds is 9. The van der Waals surface area contributed by atoms with E-state index in [9.17, 15) is 9.59 Å². The molecule has 0 aromatic heterocycles. The van der Waals surface area contributed by atoms with E-state index in [1.807, 2.05) is 37.4 Å². The molecule has 29 heavy (non-hydrogen) atoms. The van der Waals surface area contributed by atoms with Crippen LogP contribution < -0.4 is 15.5 Å². The van der Waals surface area contributed by atoms with E-state index in [4.69, 9.17) is 0 Å². The molecule has 5 heteroatoms. The van der Waals surface area contributed by atoms with Crippen molar-refractivity contribution in [2.45, 2.75) is 32.1 Å². The van der Waals surface area contributed by atoms with Gasteiger partial charge in [-0.2, -0.15) is 0 Å². The first-order valence-corrected chi connectivity index (χ1v) is 10.5. The van der Waals surface area contributed by atoms with Gasteiger partial charge in [0.05, 0.1) is 0 Å². The smallest absolute Gasteiger partial charge is 0.220 e. The molecular formula is C24H31N3O2. The van der Waals surface area contributed by atoms with Crippen molar-refractivity contribution in [3.63, 3.8) is 0 Å². The fourth-order valence-electron chi connectivity index (χ4n) is 3.66.